The highest BCUT2D eigenvalue weighted by Gasteiger charge is 2.24. The van der Waals surface area contributed by atoms with E-state index in [1.165, 1.54) is 19.3 Å². The first kappa shape index (κ1) is 14.1. The molecule has 2 rings (SSSR count). The van der Waals surface area contributed by atoms with E-state index in [1.54, 1.807) is 6.33 Å². The van der Waals surface area contributed by atoms with Crippen LogP contribution in [0.5, 0.6) is 5.88 Å². The summed E-state index contributed by atoms with van der Waals surface area (Å²) in [5.74, 6) is 3.13. The van der Waals surface area contributed by atoms with Gasteiger partial charge in [0, 0.05) is 12.1 Å². The second-order valence-electron chi connectivity index (χ2n) is 6.02. The number of hydrogen-bond donors (Lipinski definition) is 1. The molecule has 0 aromatic carbocycles. The largest absolute Gasteiger partial charge is 0.475 e. The molecule has 1 aliphatic rings. The predicted molar refractivity (Wildman–Crippen MR) is 77.4 cm³/mol. The van der Waals surface area contributed by atoms with E-state index in [0.717, 1.165) is 17.7 Å². The van der Waals surface area contributed by atoms with E-state index in [0.29, 0.717) is 11.9 Å². The lowest BCUT2D eigenvalue weighted by Crippen LogP contribution is -2.30. The van der Waals surface area contributed by atoms with Gasteiger partial charge in [0.2, 0.25) is 5.88 Å². The summed E-state index contributed by atoms with van der Waals surface area (Å²) in [7, 11) is 0. The van der Waals surface area contributed by atoms with Gasteiger partial charge in [-0.05, 0) is 44.9 Å². The summed E-state index contributed by atoms with van der Waals surface area (Å²) in [4.78, 5) is 8.41. The molecule has 19 heavy (non-hydrogen) atoms. The Labute approximate surface area is 116 Å². The summed E-state index contributed by atoms with van der Waals surface area (Å²) in [5, 5.41) is 3.51. The predicted octanol–water partition coefficient (Wildman–Crippen LogP) is 3.50. The highest BCUT2D eigenvalue weighted by molar-refractivity contribution is 5.38. The third-order valence-corrected chi connectivity index (χ3v) is 3.95. The van der Waals surface area contributed by atoms with E-state index in [2.05, 4.69) is 29.1 Å². The van der Waals surface area contributed by atoms with Crippen LogP contribution in [0, 0.1) is 11.8 Å². The first-order valence-electron chi connectivity index (χ1n) is 7.30. The molecule has 1 saturated carbocycles. The second kappa shape index (κ2) is 6.22. The highest BCUT2D eigenvalue weighted by Crippen LogP contribution is 2.30. The monoisotopic (exact) mass is 263 g/mol. The highest BCUT2D eigenvalue weighted by atomic mass is 16.5. The van der Waals surface area contributed by atoms with Gasteiger partial charge in [-0.25, -0.2) is 9.97 Å². The lowest BCUT2D eigenvalue weighted by molar-refractivity contribution is 0.232. The van der Waals surface area contributed by atoms with Crippen molar-refractivity contribution in [1.29, 1.82) is 0 Å². The van der Waals surface area contributed by atoms with Gasteiger partial charge in [0.1, 0.15) is 12.1 Å². The Bertz CT molecular complexity index is 408. The molecule has 1 fully saturated rings. The lowest BCUT2D eigenvalue weighted by Gasteiger charge is -2.32. The molecule has 1 heterocycles. The molecular formula is C15H25N3O. The van der Waals surface area contributed by atoms with Crippen molar-refractivity contribution in [1.82, 2.24) is 9.97 Å². The van der Waals surface area contributed by atoms with Crippen molar-refractivity contribution in [3.05, 3.63) is 12.4 Å². The van der Waals surface area contributed by atoms with Crippen molar-refractivity contribution < 1.29 is 4.74 Å². The molecule has 0 bridgehead atoms. The van der Waals surface area contributed by atoms with Crippen LogP contribution in [0.2, 0.25) is 0 Å². The van der Waals surface area contributed by atoms with E-state index >= 15 is 0 Å². The quantitative estimate of drug-likeness (QED) is 0.903. The van der Waals surface area contributed by atoms with Crippen LogP contribution in [0.4, 0.5) is 5.82 Å². The Morgan fingerprint density at radius 2 is 2.00 bits per heavy atom. The van der Waals surface area contributed by atoms with Gasteiger partial charge in [-0.15, -0.1) is 0 Å². The SMILES string of the molecule is CC(C)Oc1cc(NC2CCC(C)C(C)C2)ncn1. The van der Waals surface area contributed by atoms with Gasteiger partial charge in [0.15, 0.2) is 0 Å². The first-order chi connectivity index (χ1) is 9.04. The van der Waals surface area contributed by atoms with Gasteiger partial charge in [-0.2, -0.15) is 0 Å². The molecule has 0 spiro atoms. The molecule has 3 atom stereocenters. The minimum atomic E-state index is 0.137. The molecule has 4 heteroatoms. The minimum absolute atomic E-state index is 0.137. The van der Waals surface area contributed by atoms with E-state index in [1.807, 2.05) is 19.9 Å². The minimum Gasteiger partial charge on any atom is -0.475 e. The molecule has 1 aliphatic carbocycles. The maximum atomic E-state index is 5.59. The maximum absolute atomic E-state index is 5.59. The maximum Gasteiger partial charge on any atom is 0.218 e. The summed E-state index contributed by atoms with van der Waals surface area (Å²) in [6.07, 6.45) is 5.42. The molecule has 106 valence electrons. The third-order valence-electron chi connectivity index (χ3n) is 3.95. The smallest absolute Gasteiger partial charge is 0.218 e. The zero-order chi connectivity index (χ0) is 13.8. The average molecular weight is 263 g/mol. The van der Waals surface area contributed by atoms with Crippen molar-refractivity contribution in [2.75, 3.05) is 5.32 Å². The van der Waals surface area contributed by atoms with E-state index in [9.17, 15) is 0 Å². The van der Waals surface area contributed by atoms with Gasteiger partial charge in [0.25, 0.3) is 0 Å². The number of rotatable bonds is 4. The van der Waals surface area contributed by atoms with Crippen LogP contribution in [0.3, 0.4) is 0 Å². The average Bonchev–Trinajstić information content (AvgIpc) is 2.33. The number of ether oxygens (including phenoxy) is 1. The fraction of sp³-hybridized carbons (Fsp3) is 0.733. The fourth-order valence-electron chi connectivity index (χ4n) is 2.61. The molecule has 0 amide bonds. The Morgan fingerprint density at radius 3 is 2.68 bits per heavy atom. The standard InChI is InChI=1S/C15H25N3O/c1-10(2)19-15-8-14(16-9-17-15)18-13-6-5-11(3)12(4)7-13/h8-13H,5-7H2,1-4H3,(H,16,17,18). The lowest BCUT2D eigenvalue weighted by atomic mass is 9.79. The van der Waals surface area contributed by atoms with Crippen molar-refractivity contribution in [2.24, 2.45) is 11.8 Å². The van der Waals surface area contributed by atoms with Crippen LogP contribution in [0.15, 0.2) is 12.4 Å². The van der Waals surface area contributed by atoms with Crippen molar-refractivity contribution in [2.45, 2.75) is 59.1 Å². The number of nitrogens with one attached hydrogen (secondary N) is 1. The molecule has 0 radical (unpaired) electrons. The Hall–Kier alpha value is -1.32. The van der Waals surface area contributed by atoms with Crippen molar-refractivity contribution in [3.63, 3.8) is 0 Å². The van der Waals surface area contributed by atoms with Crippen LogP contribution in [-0.4, -0.2) is 22.1 Å². The van der Waals surface area contributed by atoms with E-state index in [-0.39, 0.29) is 6.10 Å². The van der Waals surface area contributed by atoms with Gasteiger partial charge < -0.3 is 10.1 Å². The summed E-state index contributed by atoms with van der Waals surface area (Å²) in [5.41, 5.74) is 0. The third kappa shape index (κ3) is 4.08. The summed E-state index contributed by atoms with van der Waals surface area (Å²) in [6.45, 7) is 8.69. The second-order valence-corrected chi connectivity index (χ2v) is 6.02. The van der Waals surface area contributed by atoms with E-state index in [4.69, 9.17) is 4.74 Å². The van der Waals surface area contributed by atoms with Crippen LogP contribution in [-0.2, 0) is 0 Å². The Morgan fingerprint density at radius 1 is 1.21 bits per heavy atom. The number of anilines is 1. The van der Waals surface area contributed by atoms with Crippen LogP contribution in [0.1, 0.15) is 47.0 Å². The molecule has 1 aromatic rings. The Kier molecular flexibility index (Phi) is 4.61. The number of hydrogen-bond acceptors (Lipinski definition) is 4. The summed E-state index contributed by atoms with van der Waals surface area (Å²) < 4.78 is 5.59. The zero-order valence-electron chi connectivity index (χ0n) is 12.4. The molecule has 0 aliphatic heterocycles. The van der Waals surface area contributed by atoms with Gasteiger partial charge in [-0.3, -0.25) is 0 Å². The van der Waals surface area contributed by atoms with Crippen molar-refractivity contribution in [3.8, 4) is 5.88 Å². The normalized spacial score (nSPS) is 27.3. The first-order valence-corrected chi connectivity index (χ1v) is 7.30. The number of nitrogens with zero attached hydrogens (tertiary/aromatic N) is 2. The van der Waals surface area contributed by atoms with Crippen LogP contribution >= 0.6 is 0 Å². The molecular weight excluding hydrogens is 238 g/mol. The zero-order valence-corrected chi connectivity index (χ0v) is 12.4. The van der Waals surface area contributed by atoms with Gasteiger partial charge >= 0.3 is 0 Å². The molecule has 4 nitrogen and oxygen atoms in total. The summed E-state index contributed by atoms with van der Waals surface area (Å²) in [6, 6.07) is 2.41. The fourth-order valence-corrected chi connectivity index (χ4v) is 2.61. The van der Waals surface area contributed by atoms with Crippen LogP contribution < -0.4 is 10.1 Å². The molecule has 1 aromatic heterocycles. The summed E-state index contributed by atoms with van der Waals surface area (Å²) >= 11 is 0. The van der Waals surface area contributed by atoms with Gasteiger partial charge in [0.05, 0.1) is 6.10 Å². The van der Waals surface area contributed by atoms with Crippen molar-refractivity contribution >= 4 is 5.82 Å². The molecule has 1 N–H and O–H groups in total. The van der Waals surface area contributed by atoms with Gasteiger partial charge in [-0.1, -0.05) is 13.8 Å². The molecule has 3 unspecified atom stereocenters. The van der Waals surface area contributed by atoms with Crippen LogP contribution in [0.25, 0.3) is 0 Å². The van der Waals surface area contributed by atoms with E-state index < -0.39 is 0 Å². The topological polar surface area (TPSA) is 47.0 Å². The Balaban J connectivity index is 1.95. The number of aromatic nitrogens is 2. The molecule has 0 saturated heterocycles.